The first-order valence-corrected chi connectivity index (χ1v) is 5.59. The molecule has 0 saturated heterocycles. The Balaban J connectivity index is 2.63. The van der Waals surface area contributed by atoms with E-state index in [1.54, 1.807) is 4.90 Å². The second-order valence-corrected chi connectivity index (χ2v) is 3.89. The number of rotatable bonds is 6. The Hall–Kier alpha value is -1.76. The lowest BCUT2D eigenvalue weighted by Gasteiger charge is -2.18. The lowest BCUT2D eigenvalue weighted by atomic mass is 10.2. The normalized spacial score (nSPS) is 11.6. The third-order valence-corrected chi connectivity index (χ3v) is 2.37. The number of alkyl halides is 3. The Kier molecular flexibility index (Phi) is 5.17. The number of halogens is 3. The van der Waals surface area contributed by atoms with E-state index >= 15 is 0 Å². The molecular formula is C12H14F3NO3. The van der Waals surface area contributed by atoms with Crippen molar-refractivity contribution in [2.24, 2.45) is 0 Å². The summed E-state index contributed by atoms with van der Waals surface area (Å²) in [6.45, 7) is 2.59. The van der Waals surface area contributed by atoms with Crippen LogP contribution in [0.3, 0.4) is 0 Å². The third kappa shape index (κ3) is 6.10. The smallest absolute Gasteiger partial charge is 0.480 e. The molecule has 1 aromatic carbocycles. The largest absolute Gasteiger partial charge is 0.573 e. The molecule has 0 atom stereocenters. The summed E-state index contributed by atoms with van der Waals surface area (Å²) in [5, 5.41) is 8.68. The molecule has 1 N–H and O–H groups in total. The van der Waals surface area contributed by atoms with Gasteiger partial charge in [0.15, 0.2) is 0 Å². The highest BCUT2D eigenvalue weighted by Gasteiger charge is 2.30. The Bertz CT molecular complexity index is 417. The minimum absolute atomic E-state index is 0.114. The van der Waals surface area contributed by atoms with Crippen LogP contribution in [0.5, 0.6) is 5.75 Å². The number of hydrogen-bond donors (Lipinski definition) is 1. The quantitative estimate of drug-likeness (QED) is 0.868. The molecule has 106 valence electrons. The number of carbonyl (C=O) groups is 1. The van der Waals surface area contributed by atoms with Crippen LogP contribution in [0.25, 0.3) is 0 Å². The van der Waals surface area contributed by atoms with Gasteiger partial charge in [0.1, 0.15) is 5.75 Å². The summed E-state index contributed by atoms with van der Waals surface area (Å²) >= 11 is 0. The predicted molar refractivity (Wildman–Crippen MR) is 61.7 cm³/mol. The maximum absolute atomic E-state index is 12.0. The molecule has 1 aromatic rings. The van der Waals surface area contributed by atoms with Gasteiger partial charge in [-0.3, -0.25) is 9.69 Å². The Morgan fingerprint density at radius 3 is 2.32 bits per heavy atom. The fourth-order valence-electron chi connectivity index (χ4n) is 1.53. The first-order valence-electron chi connectivity index (χ1n) is 5.59. The summed E-state index contributed by atoms with van der Waals surface area (Å²) < 4.78 is 39.6. The topological polar surface area (TPSA) is 49.8 Å². The summed E-state index contributed by atoms with van der Waals surface area (Å²) in [4.78, 5) is 12.2. The van der Waals surface area contributed by atoms with Crippen molar-refractivity contribution < 1.29 is 27.8 Å². The Morgan fingerprint density at radius 1 is 1.32 bits per heavy atom. The second kappa shape index (κ2) is 6.42. The number of aliphatic carboxylic acids is 1. The fraction of sp³-hybridized carbons (Fsp3) is 0.417. The Labute approximate surface area is 108 Å². The summed E-state index contributed by atoms with van der Waals surface area (Å²) in [6.07, 6.45) is -4.71. The lowest BCUT2D eigenvalue weighted by molar-refractivity contribution is -0.274. The molecule has 0 amide bonds. The molecule has 0 heterocycles. The van der Waals surface area contributed by atoms with Gasteiger partial charge in [-0.05, 0) is 24.2 Å². The van der Waals surface area contributed by atoms with E-state index in [2.05, 4.69) is 4.74 Å². The number of carboxylic acids is 1. The van der Waals surface area contributed by atoms with Crippen molar-refractivity contribution in [2.45, 2.75) is 19.8 Å². The van der Waals surface area contributed by atoms with Crippen LogP contribution < -0.4 is 4.74 Å². The maximum atomic E-state index is 12.0. The van der Waals surface area contributed by atoms with Gasteiger partial charge in [-0.1, -0.05) is 19.1 Å². The van der Waals surface area contributed by atoms with Crippen LogP contribution in [0.1, 0.15) is 12.5 Å². The molecule has 19 heavy (non-hydrogen) atoms. The molecule has 4 nitrogen and oxygen atoms in total. The minimum atomic E-state index is -4.71. The summed E-state index contributed by atoms with van der Waals surface area (Å²) in [5.41, 5.74) is 0.720. The second-order valence-electron chi connectivity index (χ2n) is 3.89. The van der Waals surface area contributed by atoms with Crippen molar-refractivity contribution in [1.29, 1.82) is 0 Å². The number of benzene rings is 1. The van der Waals surface area contributed by atoms with Gasteiger partial charge in [0.2, 0.25) is 0 Å². The van der Waals surface area contributed by atoms with Crippen LogP contribution >= 0.6 is 0 Å². The van der Waals surface area contributed by atoms with Gasteiger partial charge in [-0.25, -0.2) is 0 Å². The van der Waals surface area contributed by atoms with Crippen molar-refractivity contribution in [3.8, 4) is 5.75 Å². The molecule has 0 unspecified atom stereocenters. The molecule has 0 aliphatic rings. The van der Waals surface area contributed by atoms with E-state index in [-0.39, 0.29) is 12.3 Å². The number of nitrogens with zero attached hydrogens (tertiary/aromatic N) is 1. The molecule has 0 radical (unpaired) electrons. The minimum Gasteiger partial charge on any atom is -0.480 e. The van der Waals surface area contributed by atoms with Crippen LogP contribution in [-0.2, 0) is 11.3 Å². The lowest BCUT2D eigenvalue weighted by Crippen LogP contribution is -2.29. The SMILES string of the molecule is CCN(CC(=O)O)Cc1ccc(OC(F)(F)F)cc1. The summed E-state index contributed by atoms with van der Waals surface area (Å²) in [6, 6.07) is 5.37. The van der Waals surface area contributed by atoms with E-state index in [4.69, 9.17) is 5.11 Å². The number of ether oxygens (including phenoxy) is 1. The van der Waals surface area contributed by atoms with E-state index < -0.39 is 12.3 Å². The molecule has 0 spiro atoms. The number of hydrogen-bond acceptors (Lipinski definition) is 3. The predicted octanol–water partition coefficient (Wildman–Crippen LogP) is 2.49. The van der Waals surface area contributed by atoms with Crippen LogP contribution in [-0.4, -0.2) is 35.4 Å². The van der Waals surface area contributed by atoms with Crippen LogP contribution in [0.4, 0.5) is 13.2 Å². The molecule has 0 saturated carbocycles. The average molecular weight is 277 g/mol. The van der Waals surface area contributed by atoms with Crippen molar-refractivity contribution in [3.05, 3.63) is 29.8 Å². The van der Waals surface area contributed by atoms with Gasteiger partial charge in [-0.2, -0.15) is 0 Å². The average Bonchev–Trinajstić information content (AvgIpc) is 2.28. The van der Waals surface area contributed by atoms with Gasteiger partial charge < -0.3 is 9.84 Å². The molecule has 0 bridgehead atoms. The number of carboxylic acid groups (broad SMARTS) is 1. The fourth-order valence-corrected chi connectivity index (χ4v) is 1.53. The first-order chi connectivity index (χ1) is 8.80. The van der Waals surface area contributed by atoms with E-state index in [0.29, 0.717) is 13.1 Å². The van der Waals surface area contributed by atoms with Gasteiger partial charge in [0.25, 0.3) is 0 Å². The van der Waals surface area contributed by atoms with Crippen LogP contribution in [0.15, 0.2) is 24.3 Å². The van der Waals surface area contributed by atoms with Gasteiger partial charge in [0.05, 0.1) is 6.54 Å². The number of likely N-dealkylation sites (N-methyl/N-ethyl adjacent to an activating group) is 1. The molecule has 0 fully saturated rings. The van der Waals surface area contributed by atoms with Crippen molar-refractivity contribution in [2.75, 3.05) is 13.1 Å². The highest BCUT2D eigenvalue weighted by molar-refractivity contribution is 5.69. The molecule has 7 heteroatoms. The van der Waals surface area contributed by atoms with Crippen molar-refractivity contribution in [1.82, 2.24) is 4.90 Å². The Morgan fingerprint density at radius 2 is 1.89 bits per heavy atom. The summed E-state index contributed by atoms with van der Waals surface area (Å²) in [7, 11) is 0. The summed E-state index contributed by atoms with van der Waals surface area (Å²) in [5.74, 6) is -1.24. The molecule has 1 rings (SSSR count). The maximum Gasteiger partial charge on any atom is 0.573 e. The zero-order valence-corrected chi connectivity index (χ0v) is 10.3. The highest BCUT2D eigenvalue weighted by atomic mass is 19.4. The van der Waals surface area contributed by atoms with E-state index in [1.807, 2.05) is 6.92 Å². The molecule has 0 aliphatic carbocycles. The monoisotopic (exact) mass is 277 g/mol. The first kappa shape index (κ1) is 15.3. The van der Waals surface area contributed by atoms with E-state index in [1.165, 1.54) is 24.3 Å². The van der Waals surface area contributed by atoms with Gasteiger partial charge in [0, 0.05) is 6.54 Å². The van der Waals surface area contributed by atoms with E-state index in [0.717, 1.165) is 5.56 Å². The van der Waals surface area contributed by atoms with Gasteiger partial charge >= 0.3 is 12.3 Å². The molecular weight excluding hydrogens is 263 g/mol. The van der Waals surface area contributed by atoms with Crippen molar-refractivity contribution in [3.63, 3.8) is 0 Å². The molecule has 0 aliphatic heterocycles. The van der Waals surface area contributed by atoms with Crippen LogP contribution in [0.2, 0.25) is 0 Å². The zero-order valence-electron chi connectivity index (χ0n) is 10.3. The van der Waals surface area contributed by atoms with Crippen LogP contribution in [0, 0.1) is 0 Å². The van der Waals surface area contributed by atoms with Crippen molar-refractivity contribution >= 4 is 5.97 Å². The van der Waals surface area contributed by atoms with Gasteiger partial charge in [-0.15, -0.1) is 13.2 Å². The zero-order chi connectivity index (χ0) is 14.5. The standard InChI is InChI=1S/C12H14F3NO3/c1-2-16(8-11(17)18)7-9-3-5-10(6-4-9)19-12(13,14)15/h3-6H,2,7-8H2,1H3,(H,17,18). The highest BCUT2D eigenvalue weighted by Crippen LogP contribution is 2.22. The van der Waals surface area contributed by atoms with E-state index in [9.17, 15) is 18.0 Å². The molecule has 0 aromatic heterocycles. The third-order valence-electron chi connectivity index (χ3n) is 2.37.